The zero-order valence-corrected chi connectivity index (χ0v) is 14.6. The molecule has 1 atom stereocenters. The van der Waals surface area contributed by atoms with Crippen molar-refractivity contribution in [2.45, 2.75) is 37.5 Å². The van der Waals surface area contributed by atoms with Crippen LogP contribution in [0.3, 0.4) is 0 Å². The van der Waals surface area contributed by atoms with Crippen molar-refractivity contribution in [1.82, 2.24) is 19.1 Å². The Bertz CT molecular complexity index is 779. The van der Waals surface area contributed by atoms with Crippen LogP contribution < -0.4 is 0 Å². The summed E-state index contributed by atoms with van der Waals surface area (Å²) in [6, 6.07) is 0. The van der Waals surface area contributed by atoms with Gasteiger partial charge in [0.1, 0.15) is 4.90 Å². The van der Waals surface area contributed by atoms with Gasteiger partial charge in [-0.05, 0) is 26.7 Å². The molecular weight excluding hydrogens is 320 g/mol. The summed E-state index contributed by atoms with van der Waals surface area (Å²) in [6.45, 7) is 4.82. The van der Waals surface area contributed by atoms with Crippen molar-refractivity contribution >= 4 is 21.4 Å². The molecule has 8 heteroatoms. The number of hydrogen-bond acceptors (Lipinski definition) is 5. The van der Waals surface area contributed by atoms with Gasteiger partial charge in [0.25, 0.3) is 0 Å². The minimum Gasteiger partial charge on any atom is -0.272 e. The summed E-state index contributed by atoms with van der Waals surface area (Å²) in [5.74, 6) is 0.194. The number of piperidine rings is 1. The average molecular weight is 340 g/mol. The number of nitrogens with zero attached hydrogens (tertiary/aromatic N) is 4. The summed E-state index contributed by atoms with van der Waals surface area (Å²) in [4.78, 5) is 4.84. The van der Waals surface area contributed by atoms with Gasteiger partial charge in [-0.3, -0.25) is 4.68 Å². The molecule has 2 aromatic heterocycles. The molecule has 0 N–H and O–H groups in total. The molecule has 3 heterocycles. The first-order valence-corrected chi connectivity index (χ1v) is 9.62. The van der Waals surface area contributed by atoms with Crippen molar-refractivity contribution in [1.29, 1.82) is 0 Å². The van der Waals surface area contributed by atoms with E-state index in [4.69, 9.17) is 0 Å². The van der Waals surface area contributed by atoms with Gasteiger partial charge in [-0.25, -0.2) is 13.4 Å². The van der Waals surface area contributed by atoms with E-state index < -0.39 is 10.0 Å². The highest BCUT2D eigenvalue weighted by molar-refractivity contribution is 7.89. The molecule has 3 rings (SSSR count). The van der Waals surface area contributed by atoms with Gasteiger partial charge in [-0.15, -0.1) is 11.3 Å². The van der Waals surface area contributed by atoms with Crippen molar-refractivity contribution in [2.75, 3.05) is 13.1 Å². The van der Waals surface area contributed by atoms with Crippen LogP contribution >= 0.6 is 11.3 Å². The molecule has 1 fully saturated rings. The Labute approximate surface area is 134 Å². The number of thiazole rings is 1. The van der Waals surface area contributed by atoms with E-state index >= 15 is 0 Å². The maximum atomic E-state index is 12.9. The molecule has 22 heavy (non-hydrogen) atoms. The van der Waals surface area contributed by atoms with E-state index in [1.165, 1.54) is 6.20 Å². The van der Waals surface area contributed by atoms with E-state index in [1.54, 1.807) is 34.3 Å². The van der Waals surface area contributed by atoms with Crippen LogP contribution in [-0.2, 0) is 17.1 Å². The highest BCUT2D eigenvalue weighted by Gasteiger charge is 2.33. The number of aromatic nitrogens is 3. The Morgan fingerprint density at radius 3 is 2.73 bits per heavy atom. The second kappa shape index (κ2) is 5.75. The van der Waals surface area contributed by atoms with Crippen LogP contribution in [0.2, 0.25) is 0 Å². The molecule has 0 unspecified atom stereocenters. The van der Waals surface area contributed by atoms with Gasteiger partial charge in [0.05, 0.1) is 16.9 Å². The van der Waals surface area contributed by atoms with Crippen LogP contribution in [0.1, 0.15) is 35.2 Å². The Kier molecular flexibility index (Phi) is 4.09. The zero-order chi connectivity index (χ0) is 15.9. The molecule has 0 bridgehead atoms. The fraction of sp³-hybridized carbons (Fsp3) is 0.571. The van der Waals surface area contributed by atoms with Crippen LogP contribution in [0.15, 0.2) is 16.5 Å². The SMILES string of the molecule is Cc1csc([C@H]2CCCN(S(=O)(=O)c3cnn(C)c3C)C2)n1. The Balaban J connectivity index is 1.86. The Morgan fingerprint density at radius 1 is 1.36 bits per heavy atom. The number of aryl methyl sites for hydroxylation is 2. The summed E-state index contributed by atoms with van der Waals surface area (Å²) in [5, 5.41) is 7.12. The molecule has 0 spiro atoms. The van der Waals surface area contributed by atoms with E-state index in [9.17, 15) is 8.42 Å². The van der Waals surface area contributed by atoms with Crippen LogP contribution in [-0.4, -0.2) is 40.6 Å². The van der Waals surface area contributed by atoms with Gasteiger partial charge < -0.3 is 0 Å². The minimum atomic E-state index is -3.48. The first-order valence-electron chi connectivity index (χ1n) is 7.30. The lowest BCUT2D eigenvalue weighted by atomic mass is 10.0. The van der Waals surface area contributed by atoms with E-state index in [-0.39, 0.29) is 5.92 Å². The van der Waals surface area contributed by atoms with Crippen LogP contribution in [0, 0.1) is 13.8 Å². The molecule has 2 aromatic rings. The lowest BCUT2D eigenvalue weighted by Crippen LogP contribution is -2.39. The number of rotatable bonds is 3. The standard InChI is InChI=1S/C14H20N4O2S2/c1-10-9-21-14(16-10)12-5-4-6-18(8-12)22(19,20)13-7-15-17(3)11(13)2/h7,9,12H,4-6,8H2,1-3H3/t12-/m0/s1. The molecule has 1 saturated heterocycles. The van der Waals surface area contributed by atoms with Crippen molar-refractivity contribution in [3.05, 3.63) is 28.0 Å². The fourth-order valence-electron chi connectivity index (χ4n) is 2.79. The monoisotopic (exact) mass is 340 g/mol. The predicted molar refractivity (Wildman–Crippen MR) is 85.5 cm³/mol. The second-order valence-electron chi connectivity index (χ2n) is 5.75. The van der Waals surface area contributed by atoms with Gasteiger partial charge in [-0.2, -0.15) is 9.40 Å². The van der Waals surface area contributed by atoms with Gasteiger partial charge in [0.2, 0.25) is 10.0 Å². The molecule has 0 saturated carbocycles. The second-order valence-corrected chi connectivity index (χ2v) is 8.54. The summed E-state index contributed by atoms with van der Waals surface area (Å²) < 4.78 is 28.9. The largest absolute Gasteiger partial charge is 0.272 e. The molecule has 0 aromatic carbocycles. The van der Waals surface area contributed by atoms with E-state index in [0.29, 0.717) is 23.7 Å². The maximum absolute atomic E-state index is 12.9. The third-order valence-corrected chi connectivity index (χ3v) is 7.27. The predicted octanol–water partition coefficient (Wildman–Crippen LogP) is 2.06. The first-order chi connectivity index (χ1) is 10.4. The van der Waals surface area contributed by atoms with Gasteiger partial charge >= 0.3 is 0 Å². The molecule has 6 nitrogen and oxygen atoms in total. The van der Waals surface area contributed by atoms with Gasteiger partial charge in [0, 0.05) is 37.1 Å². The smallest absolute Gasteiger partial charge is 0.246 e. The van der Waals surface area contributed by atoms with Crippen LogP contribution in [0.5, 0.6) is 0 Å². The van der Waals surface area contributed by atoms with Crippen molar-refractivity contribution in [2.24, 2.45) is 7.05 Å². The average Bonchev–Trinajstić information content (AvgIpc) is 3.07. The summed E-state index contributed by atoms with van der Waals surface area (Å²) >= 11 is 1.62. The molecule has 0 radical (unpaired) electrons. The number of sulfonamides is 1. The van der Waals surface area contributed by atoms with Crippen LogP contribution in [0.4, 0.5) is 0 Å². The normalized spacial score (nSPS) is 20.4. The van der Waals surface area contributed by atoms with Crippen molar-refractivity contribution in [3.63, 3.8) is 0 Å². The van der Waals surface area contributed by atoms with Gasteiger partial charge in [0.15, 0.2) is 0 Å². The summed E-state index contributed by atoms with van der Waals surface area (Å²) in [7, 11) is -1.72. The highest BCUT2D eigenvalue weighted by Crippen LogP contribution is 2.32. The molecular formula is C14H20N4O2S2. The minimum absolute atomic E-state index is 0.194. The van der Waals surface area contributed by atoms with Crippen molar-refractivity contribution in [3.8, 4) is 0 Å². The quantitative estimate of drug-likeness (QED) is 0.858. The third-order valence-electron chi connectivity index (χ3n) is 4.18. The highest BCUT2D eigenvalue weighted by atomic mass is 32.2. The lowest BCUT2D eigenvalue weighted by Gasteiger charge is -2.30. The van der Waals surface area contributed by atoms with Crippen LogP contribution in [0.25, 0.3) is 0 Å². The van der Waals surface area contributed by atoms with Crippen molar-refractivity contribution < 1.29 is 8.42 Å². The molecule has 0 aliphatic carbocycles. The Morgan fingerprint density at radius 2 is 2.14 bits per heavy atom. The summed E-state index contributed by atoms with van der Waals surface area (Å²) in [6.07, 6.45) is 3.30. The summed E-state index contributed by atoms with van der Waals surface area (Å²) in [5.41, 5.74) is 1.68. The molecule has 1 aliphatic heterocycles. The van der Waals surface area contributed by atoms with Gasteiger partial charge in [-0.1, -0.05) is 0 Å². The fourth-order valence-corrected chi connectivity index (χ4v) is 5.43. The third kappa shape index (κ3) is 2.70. The Hall–Kier alpha value is -1.25. The lowest BCUT2D eigenvalue weighted by molar-refractivity contribution is 0.315. The van der Waals surface area contributed by atoms with E-state index in [2.05, 4.69) is 10.1 Å². The van der Waals surface area contributed by atoms with E-state index in [0.717, 1.165) is 23.5 Å². The topological polar surface area (TPSA) is 68.1 Å². The zero-order valence-electron chi connectivity index (χ0n) is 13.0. The number of hydrogen-bond donors (Lipinski definition) is 0. The maximum Gasteiger partial charge on any atom is 0.246 e. The first kappa shape index (κ1) is 15.6. The molecule has 120 valence electrons. The molecule has 0 amide bonds. The molecule has 1 aliphatic rings. The van der Waals surface area contributed by atoms with E-state index in [1.807, 2.05) is 12.3 Å².